The van der Waals surface area contributed by atoms with Crippen molar-refractivity contribution in [1.29, 1.82) is 0 Å². The van der Waals surface area contributed by atoms with Crippen LogP contribution in [0.15, 0.2) is 24.4 Å². The monoisotopic (exact) mass is 290 g/mol. The van der Waals surface area contributed by atoms with Crippen LogP contribution >= 0.6 is 0 Å². The molecule has 2 saturated heterocycles. The summed E-state index contributed by atoms with van der Waals surface area (Å²) in [6.45, 7) is 7.29. The molecule has 21 heavy (non-hydrogen) atoms. The molecule has 0 aromatic carbocycles. The lowest BCUT2D eigenvalue weighted by molar-refractivity contribution is 0.0581. The minimum Gasteiger partial charge on any atom is -0.393 e. The molecule has 116 valence electrons. The van der Waals surface area contributed by atoms with Crippen LogP contribution in [0, 0.1) is 0 Å². The fourth-order valence-electron chi connectivity index (χ4n) is 3.31. The zero-order valence-corrected chi connectivity index (χ0v) is 12.6. The number of nitrogens with one attached hydrogen (secondary N) is 1. The molecule has 3 heterocycles. The van der Waals surface area contributed by atoms with E-state index in [1.807, 2.05) is 12.3 Å². The molecule has 0 spiro atoms. The smallest absolute Gasteiger partial charge is 0.0650 e. The van der Waals surface area contributed by atoms with Crippen LogP contribution in [-0.4, -0.2) is 71.8 Å². The van der Waals surface area contributed by atoms with Gasteiger partial charge in [0.2, 0.25) is 0 Å². The number of piperazine rings is 1. The highest BCUT2D eigenvalue weighted by Gasteiger charge is 2.27. The van der Waals surface area contributed by atoms with Crippen molar-refractivity contribution in [1.82, 2.24) is 20.1 Å². The minimum absolute atomic E-state index is 0.103. The molecule has 2 N–H and O–H groups in total. The van der Waals surface area contributed by atoms with Gasteiger partial charge in [0, 0.05) is 52.0 Å². The summed E-state index contributed by atoms with van der Waals surface area (Å²) < 4.78 is 0. The van der Waals surface area contributed by atoms with Crippen LogP contribution in [0.1, 0.15) is 24.6 Å². The molecule has 2 aliphatic rings. The van der Waals surface area contributed by atoms with Gasteiger partial charge >= 0.3 is 0 Å². The third-order valence-electron chi connectivity index (χ3n) is 4.61. The number of aliphatic hydroxyl groups excluding tert-OH is 1. The molecule has 1 aromatic rings. The second kappa shape index (κ2) is 7.31. The molecule has 0 amide bonds. The maximum absolute atomic E-state index is 9.67. The molecule has 5 nitrogen and oxygen atoms in total. The van der Waals surface area contributed by atoms with Gasteiger partial charge in [-0.25, -0.2) is 0 Å². The first-order chi connectivity index (χ1) is 10.3. The van der Waals surface area contributed by atoms with E-state index in [2.05, 4.69) is 32.2 Å². The third kappa shape index (κ3) is 4.01. The molecule has 1 unspecified atom stereocenters. The number of rotatable bonds is 4. The highest BCUT2D eigenvalue weighted by Crippen LogP contribution is 2.22. The fourth-order valence-corrected chi connectivity index (χ4v) is 3.31. The molecule has 0 bridgehead atoms. The summed E-state index contributed by atoms with van der Waals surface area (Å²) in [5.41, 5.74) is 1.17. The van der Waals surface area contributed by atoms with Crippen molar-refractivity contribution in [3.05, 3.63) is 30.1 Å². The van der Waals surface area contributed by atoms with Gasteiger partial charge in [-0.05, 0) is 25.0 Å². The summed E-state index contributed by atoms with van der Waals surface area (Å²) in [7, 11) is 0. The highest BCUT2D eigenvalue weighted by molar-refractivity contribution is 5.10. The number of piperidine rings is 1. The summed E-state index contributed by atoms with van der Waals surface area (Å²) in [6.07, 6.45) is 3.59. The van der Waals surface area contributed by atoms with Crippen LogP contribution in [0.2, 0.25) is 0 Å². The molecule has 2 fully saturated rings. The van der Waals surface area contributed by atoms with Crippen molar-refractivity contribution in [3.63, 3.8) is 0 Å². The van der Waals surface area contributed by atoms with Gasteiger partial charge in [-0.15, -0.1) is 0 Å². The summed E-state index contributed by atoms with van der Waals surface area (Å²) >= 11 is 0. The van der Waals surface area contributed by atoms with E-state index in [4.69, 9.17) is 0 Å². The molecule has 0 saturated carbocycles. The van der Waals surface area contributed by atoms with Gasteiger partial charge < -0.3 is 15.3 Å². The van der Waals surface area contributed by atoms with Gasteiger partial charge in [-0.2, -0.15) is 0 Å². The van der Waals surface area contributed by atoms with Crippen LogP contribution < -0.4 is 5.32 Å². The Kier molecular flexibility index (Phi) is 5.19. The van der Waals surface area contributed by atoms with Gasteiger partial charge in [-0.1, -0.05) is 6.07 Å². The summed E-state index contributed by atoms with van der Waals surface area (Å²) in [6, 6.07) is 6.57. The first-order valence-corrected chi connectivity index (χ1v) is 8.09. The molecule has 0 radical (unpaired) electrons. The Morgan fingerprint density at radius 3 is 2.62 bits per heavy atom. The van der Waals surface area contributed by atoms with Crippen molar-refractivity contribution in [2.24, 2.45) is 0 Å². The van der Waals surface area contributed by atoms with Crippen molar-refractivity contribution in [2.75, 3.05) is 45.8 Å². The van der Waals surface area contributed by atoms with Gasteiger partial charge in [0.1, 0.15) is 0 Å². The van der Waals surface area contributed by atoms with Crippen molar-refractivity contribution >= 4 is 0 Å². The Morgan fingerprint density at radius 1 is 1.19 bits per heavy atom. The highest BCUT2D eigenvalue weighted by atomic mass is 16.3. The fraction of sp³-hybridized carbons (Fsp3) is 0.688. The maximum atomic E-state index is 9.67. The quantitative estimate of drug-likeness (QED) is 0.845. The normalized spacial score (nSPS) is 24.0. The zero-order chi connectivity index (χ0) is 14.5. The van der Waals surface area contributed by atoms with Crippen LogP contribution in [0.5, 0.6) is 0 Å². The Balaban J connectivity index is 1.69. The predicted molar refractivity (Wildman–Crippen MR) is 83.1 cm³/mol. The average Bonchev–Trinajstić information content (AvgIpc) is 2.56. The lowest BCUT2D eigenvalue weighted by atomic mass is 10.0. The number of aromatic nitrogens is 1. The second-order valence-electron chi connectivity index (χ2n) is 6.09. The van der Waals surface area contributed by atoms with Crippen molar-refractivity contribution < 1.29 is 5.11 Å². The second-order valence-corrected chi connectivity index (χ2v) is 6.09. The molecule has 3 rings (SSSR count). The Morgan fingerprint density at radius 2 is 1.95 bits per heavy atom. The number of nitrogens with zero attached hydrogens (tertiary/aromatic N) is 3. The number of aliphatic hydroxyl groups is 1. The number of hydrogen-bond acceptors (Lipinski definition) is 5. The van der Waals surface area contributed by atoms with Crippen LogP contribution in [0.25, 0.3) is 0 Å². The summed E-state index contributed by atoms with van der Waals surface area (Å²) in [5.74, 6) is 0. The maximum Gasteiger partial charge on any atom is 0.0650 e. The van der Waals surface area contributed by atoms with E-state index in [0.717, 1.165) is 58.7 Å². The summed E-state index contributed by atoms with van der Waals surface area (Å²) in [5, 5.41) is 13.1. The van der Waals surface area contributed by atoms with Gasteiger partial charge in [0.05, 0.1) is 17.8 Å². The van der Waals surface area contributed by atoms with E-state index in [9.17, 15) is 5.11 Å². The standard InChI is InChI=1S/C16H26N4O/c21-14-4-9-19(10-5-14)13-16(15-3-1-2-6-18-15)20-11-7-17-8-12-20/h1-3,6,14,16-17,21H,4-5,7-13H2. The zero-order valence-electron chi connectivity index (χ0n) is 12.6. The number of pyridine rings is 1. The van der Waals surface area contributed by atoms with E-state index in [-0.39, 0.29) is 6.10 Å². The van der Waals surface area contributed by atoms with Crippen LogP contribution in [-0.2, 0) is 0 Å². The molecule has 1 aromatic heterocycles. The van der Waals surface area contributed by atoms with E-state index < -0.39 is 0 Å². The molecule has 0 aliphatic carbocycles. The molecular weight excluding hydrogens is 264 g/mol. The average molecular weight is 290 g/mol. The topological polar surface area (TPSA) is 51.6 Å². The van der Waals surface area contributed by atoms with Gasteiger partial charge in [-0.3, -0.25) is 9.88 Å². The number of hydrogen-bond donors (Lipinski definition) is 2. The largest absolute Gasteiger partial charge is 0.393 e. The van der Waals surface area contributed by atoms with E-state index in [0.29, 0.717) is 6.04 Å². The number of likely N-dealkylation sites (tertiary alicyclic amines) is 1. The minimum atomic E-state index is -0.103. The predicted octanol–water partition coefficient (Wildman–Crippen LogP) is 0.485. The lowest BCUT2D eigenvalue weighted by Gasteiger charge is -2.39. The van der Waals surface area contributed by atoms with Crippen LogP contribution in [0.3, 0.4) is 0 Å². The molecule has 5 heteroatoms. The Bertz CT molecular complexity index is 414. The van der Waals surface area contributed by atoms with Gasteiger partial charge in [0.15, 0.2) is 0 Å². The molecule has 2 aliphatic heterocycles. The van der Waals surface area contributed by atoms with E-state index in [1.165, 1.54) is 5.69 Å². The molecular formula is C16H26N4O. The first-order valence-electron chi connectivity index (χ1n) is 8.09. The van der Waals surface area contributed by atoms with E-state index >= 15 is 0 Å². The SMILES string of the molecule is OC1CCN(CC(c2ccccn2)N2CCNCC2)CC1. The first kappa shape index (κ1) is 14.9. The molecule has 1 atom stereocenters. The lowest BCUT2D eigenvalue weighted by Crippen LogP contribution is -2.49. The third-order valence-corrected chi connectivity index (χ3v) is 4.61. The Labute approximate surface area is 127 Å². The Hall–Kier alpha value is -1.01. The van der Waals surface area contributed by atoms with Gasteiger partial charge in [0.25, 0.3) is 0 Å². The van der Waals surface area contributed by atoms with Crippen LogP contribution in [0.4, 0.5) is 0 Å². The van der Waals surface area contributed by atoms with Crippen molar-refractivity contribution in [3.8, 4) is 0 Å². The summed E-state index contributed by atoms with van der Waals surface area (Å²) in [4.78, 5) is 9.62. The van der Waals surface area contributed by atoms with Crippen molar-refractivity contribution in [2.45, 2.75) is 25.0 Å². The van der Waals surface area contributed by atoms with E-state index in [1.54, 1.807) is 0 Å².